The van der Waals surface area contributed by atoms with Gasteiger partial charge in [-0.15, -0.1) is 0 Å². The van der Waals surface area contributed by atoms with Crippen LogP contribution in [0.25, 0.3) is 45.1 Å². The summed E-state index contributed by atoms with van der Waals surface area (Å²) >= 11 is 0. The van der Waals surface area contributed by atoms with Crippen LogP contribution in [0.4, 0.5) is 0 Å². The average Bonchev–Trinajstić information content (AvgIpc) is 3.68. The smallest absolute Gasteiger partial charge is 1.00 e. The molecule has 3 heterocycles. The SMILES string of the molecule is CCCCCCCCCCCCn1c(-c2cccc(-c3nc4ccccc4n3CCCCCCCCCCCC)n2)nc2ccccc21.[Cl-].[Cl-].[V+2]. The van der Waals surface area contributed by atoms with Crippen molar-refractivity contribution < 1.29 is 43.4 Å². The summed E-state index contributed by atoms with van der Waals surface area (Å²) in [6.07, 6.45) is 26.8. The number of nitrogens with zero attached hydrogens (tertiary/aromatic N) is 5. The Bertz CT molecular complexity index is 1530. The van der Waals surface area contributed by atoms with Crippen molar-refractivity contribution in [1.82, 2.24) is 24.1 Å². The predicted octanol–water partition coefficient (Wildman–Crippen LogP) is 6.96. The van der Waals surface area contributed by atoms with Crippen molar-refractivity contribution in [3.63, 3.8) is 0 Å². The molecule has 0 unspecified atom stereocenters. The molecule has 0 aliphatic heterocycles. The number of aromatic nitrogens is 5. The second kappa shape index (κ2) is 25.6. The van der Waals surface area contributed by atoms with Crippen molar-refractivity contribution in [3.8, 4) is 23.0 Å². The number of fused-ring (bicyclic) bond motifs is 2. The molecule has 5 rings (SSSR count). The van der Waals surface area contributed by atoms with Crippen LogP contribution in [0.2, 0.25) is 0 Å². The predicted molar refractivity (Wildman–Crippen MR) is 205 cm³/mol. The fourth-order valence-electron chi connectivity index (χ4n) is 7.19. The summed E-state index contributed by atoms with van der Waals surface area (Å²) in [4.78, 5) is 15.5. The quantitative estimate of drug-likeness (QED) is 0.0639. The van der Waals surface area contributed by atoms with Gasteiger partial charge in [-0.05, 0) is 49.2 Å². The minimum atomic E-state index is 0. The number of pyridine rings is 1. The van der Waals surface area contributed by atoms with Gasteiger partial charge in [0.15, 0.2) is 11.6 Å². The van der Waals surface area contributed by atoms with Gasteiger partial charge in [-0.2, -0.15) is 0 Å². The maximum atomic E-state index is 5.26. The second-order valence-electron chi connectivity index (χ2n) is 13.9. The number of para-hydroxylation sites is 4. The molecule has 277 valence electrons. The first kappa shape index (κ1) is 44.9. The summed E-state index contributed by atoms with van der Waals surface area (Å²) in [5, 5.41) is 0. The Labute approximate surface area is 332 Å². The van der Waals surface area contributed by atoms with Gasteiger partial charge in [0, 0.05) is 13.1 Å². The molecule has 0 fully saturated rings. The standard InChI is InChI=1S/C43H61N5.2ClH.V/c1-3-5-7-9-11-13-15-17-19-25-34-47-40-32-23-21-28-36(40)45-42(47)38-30-27-31-39(44-38)43-46-37-29-22-24-33-41(37)48(43)35-26-20-18-16-14-12-10-8-6-4-2;;;/h21-24,27-33H,3-20,25-26,34-35H2,1-2H3;2*1H;/q;;;+2/p-2. The number of imidazole rings is 2. The Kier molecular flexibility index (Phi) is 22.5. The summed E-state index contributed by atoms with van der Waals surface area (Å²) in [6.45, 7) is 6.52. The van der Waals surface area contributed by atoms with Crippen LogP contribution < -0.4 is 24.8 Å². The molecule has 0 atom stereocenters. The Morgan fingerprint density at radius 3 is 1.10 bits per heavy atom. The number of hydrogen-bond acceptors (Lipinski definition) is 3. The Balaban J connectivity index is 0.00000300. The monoisotopic (exact) mass is 768 g/mol. The molecule has 0 saturated heterocycles. The molecule has 0 amide bonds. The summed E-state index contributed by atoms with van der Waals surface area (Å²) in [7, 11) is 0. The molecule has 5 nitrogen and oxygen atoms in total. The van der Waals surface area contributed by atoms with Gasteiger partial charge in [-0.1, -0.05) is 160 Å². The first-order chi connectivity index (χ1) is 23.8. The van der Waals surface area contributed by atoms with E-state index in [1.807, 2.05) is 0 Å². The minimum Gasteiger partial charge on any atom is -1.00 e. The maximum absolute atomic E-state index is 5.26. The van der Waals surface area contributed by atoms with E-state index in [1.54, 1.807) is 0 Å². The molecule has 0 spiro atoms. The third-order valence-electron chi connectivity index (χ3n) is 9.99. The number of benzene rings is 2. The zero-order valence-corrected chi connectivity index (χ0v) is 34.3. The van der Waals surface area contributed by atoms with Gasteiger partial charge in [0.1, 0.15) is 11.4 Å². The second-order valence-corrected chi connectivity index (χ2v) is 13.9. The van der Waals surface area contributed by atoms with E-state index in [-0.39, 0.29) is 43.4 Å². The molecular weight excluding hydrogens is 708 g/mol. The fourth-order valence-corrected chi connectivity index (χ4v) is 7.19. The Hall–Kier alpha value is -2.31. The summed E-state index contributed by atoms with van der Waals surface area (Å²) in [6, 6.07) is 23.5. The van der Waals surface area contributed by atoms with E-state index in [4.69, 9.17) is 15.0 Å². The zero-order chi connectivity index (χ0) is 33.2. The third-order valence-corrected chi connectivity index (χ3v) is 9.99. The van der Waals surface area contributed by atoms with E-state index in [9.17, 15) is 0 Å². The molecule has 51 heavy (non-hydrogen) atoms. The van der Waals surface area contributed by atoms with Crippen molar-refractivity contribution in [2.24, 2.45) is 0 Å². The summed E-state index contributed by atoms with van der Waals surface area (Å²) in [5.74, 6) is 1.93. The fraction of sp³-hybridized carbons (Fsp3) is 0.558. The normalized spacial score (nSPS) is 11.0. The van der Waals surface area contributed by atoms with Crippen LogP contribution in [0.15, 0.2) is 66.7 Å². The first-order valence-corrected chi connectivity index (χ1v) is 19.7. The molecular formula is C43H61Cl2N5V. The van der Waals surface area contributed by atoms with Gasteiger partial charge in [0.2, 0.25) is 0 Å². The molecule has 0 aliphatic carbocycles. The topological polar surface area (TPSA) is 48.5 Å². The molecule has 0 aliphatic rings. The maximum Gasteiger partial charge on any atom is 2.00 e. The average molecular weight is 770 g/mol. The number of unbranched alkanes of at least 4 members (excludes halogenated alkanes) is 18. The Morgan fingerprint density at radius 1 is 0.392 bits per heavy atom. The van der Waals surface area contributed by atoms with Crippen LogP contribution >= 0.6 is 0 Å². The Morgan fingerprint density at radius 2 is 0.725 bits per heavy atom. The molecule has 5 aromatic rings. The van der Waals surface area contributed by atoms with E-state index in [0.717, 1.165) is 60.0 Å². The summed E-state index contributed by atoms with van der Waals surface area (Å²) in [5.41, 5.74) is 6.33. The molecule has 0 N–H and O–H groups in total. The van der Waals surface area contributed by atoms with E-state index in [1.165, 1.54) is 127 Å². The van der Waals surface area contributed by atoms with Gasteiger partial charge >= 0.3 is 18.6 Å². The minimum absolute atomic E-state index is 0. The van der Waals surface area contributed by atoms with Crippen LogP contribution in [-0.2, 0) is 31.6 Å². The van der Waals surface area contributed by atoms with Gasteiger partial charge in [-0.3, -0.25) is 0 Å². The molecule has 2 aromatic carbocycles. The van der Waals surface area contributed by atoms with Crippen LogP contribution in [0.1, 0.15) is 142 Å². The van der Waals surface area contributed by atoms with Crippen LogP contribution in [0, 0.1) is 0 Å². The van der Waals surface area contributed by atoms with E-state index < -0.39 is 0 Å². The summed E-state index contributed by atoms with van der Waals surface area (Å²) < 4.78 is 4.80. The molecule has 0 bridgehead atoms. The van der Waals surface area contributed by atoms with Crippen molar-refractivity contribution in [3.05, 3.63) is 66.7 Å². The van der Waals surface area contributed by atoms with Gasteiger partial charge < -0.3 is 33.9 Å². The van der Waals surface area contributed by atoms with Crippen molar-refractivity contribution >= 4 is 22.1 Å². The number of aryl methyl sites for hydroxylation is 2. The largest absolute Gasteiger partial charge is 2.00 e. The van der Waals surface area contributed by atoms with Crippen LogP contribution in [0.5, 0.6) is 0 Å². The zero-order valence-electron chi connectivity index (χ0n) is 31.3. The number of hydrogen-bond donors (Lipinski definition) is 0. The van der Waals surface area contributed by atoms with Gasteiger partial charge in [-0.25, -0.2) is 15.0 Å². The number of halogens is 2. The van der Waals surface area contributed by atoms with E-state index in [0.29, 0.717) is 0 Å². The van der Waals surface area contributed by atoms with Crippen molar-refractivity contribution in [2.75, 3.05) is 0 Å². The van der Waals surface area contributed by atoms with Crippen LogP contribution in [0.3, 0.4) is 0 Å². The molecule has 8 heteroatoms. The third kappa shape index (κ3) is 13.6. The van der Waals surface area contributed by atoms with E-state index in [2.05, 4.69) is 89.7 Å². The molecule has 0 saturated carbocycles. The van der Waals surface area contributed by atoms with E-state index >= 15 is 0 Å². The number of rotatable bonds is 24. The van der Waals surface area contributed by atoms with Gasteiger partial charge in [0.25, 0.3) is 0 Å². The van der Waals surface area contributed by atoms with Gasteiger partial charge in [0.05, 0.1) is 22.1 Å². The molecule has 1 radical (unpaired) electrons. The van der Waals surface area contributed by atoms with Crippen LogP contribution in [-0.4, -0.2) is 24.1 Å². The van der Waals surface area contributed by atoms with Crippen molar-refractivity contribution in [1.29, 1.82) is 0 Å². The first-order valence-electron chi connectivity index (χ1n) is 19.7. The molecule has 3 aromatic heterocycles. The van der Waals surface area contributed by atoms with Crippen molar-refractivity contribution in [2.45, 2.75) is 155 Å².